The van der Waals surface area contributed by atoms with Gasteiger partial charge in [-0.25, -0.2) is 9.79 Å². The summed E-state index contributed by atoms with van der Waals surface area (Å²) in [7, 11) is 0. The third-order valence-corrected chi connectivity index (χ3v) is 6.68. The molecule has 1 fully saturated rings. The van der Waals surface area contributed by atoms with Gasteiger partial charge in [-0.2, -0.15) is 0 Å². The molecule has 0 radical (unpaired) electrons. The second kappa shape index (κ2) is 10.3. The van der Waals surface area contributed by atoms with Gasteiger partial charge < -0.3 is 15.0 Å². The van der Waals surface area contributed by atoms with Gasteiger partial charge in [-0.05, 0) is 31.0 Å². The van der Waals surface area contributed by atoms with Gasteiger partial charge in [-0.1, -0.05) is 68.1 Å². The van der Waals surface area contributed by atoms with Crippen LogP contribution >= 0.6 is 11.8 Å². The van der Waals surface area contributed by atoms with Crippen molar-refractivity contribution in [2.24, 2.45) is 10.9 Å². The minimum Gasteiger partial charge on any atom is -0.463 e. The standard InChI is InChI=1S/C26H29N3O3S/c1-4-32-25(31)21-22(18-10-6-5-7-11-18)28-26-29(14-9-15-33-26)23(21)19-12-8-13-20(16-19)27-24(30)17(2)3/h5-8,10-13,16-17,23H,4,9,14-15H2,1-3H3,(H,27,30). The normalized spacial score (nSPS) is 18.0. The molecule has 0 saturated carbocycles. The quantitative estimate of drug-likeness (QED) is 0.603. The molecule has 33 heavy (non-hydrogen) atoms. The number of hydrogen-bond acceptors (Lipinski definition) is 6. The Balaban J connectivity index is 1.87. The van der Waals surface area contributed by atoms with Gasteiger partial charge in [0, 0.05) is 29.5 Å². The average Bonchev–Trinajstić information content (AvgIpc) is 2.83. The first-order valence-electron chi connectivity index (χ1n) is 11.3. The molecule has 1 N–H and O–H groups in total. The van der Waals surface area contributed by atoms with Crippen LogP contribution in [0.5, 0.6) is 0 Å². The fourth-order valence-corrected chi connectivity index (χ4v) is 4.98. The van der Waals surface area contributed by atoms with Crippen molar-refractivity contribution < 1.29 is 14.3 Å². The van der Waals surface area contributed by atoms with E-state index < -0.39 is 0 Å². The fourth-order valence-electron chi connectivity index (χ4n) is 4.01. The third-order valence-electron chi connectivity index (χ3n) is 5.60. The third kappa shape index (κ3) is 4.98. The van der Waals surface area contributed by atoms with Gasteiger partial charge in [0.25, 0.3) is 0 Å². The number of nitrogens with zero attached hydrogens (tertiary/aromatic N) is 2. The number of thioether (sulfide) groups is 1. The molecule has 0 aliphatic carbocycles. The monoisotopic (exact) mass is 463 g/mol. The van der Waals surface area contributed by atoms with Gasteiger partial charge in [0.05, 0.1) is 23.9 Å². The van der Waals surface area contributed by atoms with Crippen LogP contribution in [0.4, 0.5) is 5.69 Å². The summed E-state index contributed by atoms with van der Waals surface area (Å²) >= 11 is 1.71. The van der Waals surface area contributed by atoms with Crippen molar-refractivity contribution in [1.82, 2.24) is 4.90 Å². The number of fused-ring (bicyclic) bond motifs is 1. The SMILES string of the molecule is CCOC(=O)C1=C(c2ccccc2)N=C2SCCCN2C1c1cccc(NC(=O)C(C)C)c1. The van der Waals surface area contributed by atoms with Gasteiger partial charge in [-0.3, -0.25) is 4.79 Å². The molecule has 1 unspecified atom stereocenters. The summed E-state index contributed by atoms with van der Waals surface area (Å²) in [6, 6.07) is 17.2. The maximum absolute atomic E-state index is 13.3. The maximum atomic E-state index is 13.3. The van der Waals surface area contributed by atoms with Crippen LogP contribution in [-0.2, 0) is 14.3 Å². The summed E-state index contributed by atoms with van der Waals surface area (Å²) in [6.45, 7) is 6.62. The Morgan fingerprint density at radius 2 is 1.97 bits per heavy atom. The van der Waals surface area contributed by atoms with Crippen LogP contribution in [0, 0.1) is 5.92 Å². The molecule has 4 rings (SSSR count). The lowest BCUT2D eigenvalue weighted by atomic mass is 9.91. The van der Waals surface area contributed by atoms with Crippen LogP contribution < -0.4 is 5.32 Å². The Morgan fingerprint density at radius 3 is 2.70 bits per heavy atom. The van der Waals surface area contributed by atoms with Gasteiger partial charge in [0.15, 0.2) is 5.17 Å². The van der Waals surface area contributed by atoms with E-state index in [1.807, 2.05) is 75.4 Å². The molecule has 0 aromatic heterocycles. The second-order valence-electron chi connectivity index (χ2n) is 8.31. The van der Waals surface area contributed by atoms with Crippen molar-refractivity contribution >= 4 is 40.2 Å². The Bertz CT molecular complexity index is 1090. The first-order valence-corrected chi connectivity index (χ1v) is 12.3. The minimum absolute atomic E-state index is 0.0438. The van der Waals surface area contributed by atoms with Crippen molar-refractivity contribution in [2.45, 2.75) is 33.2 Å². The van der Waals surface area contributed by atoms with Crippen molar-refractivity contribution in [3.8, 4) is 0 Å². The maximum Gasteiger partial charge on any atom is 0.338 e. The molecular weight excluding hydrogens is 434 g/mol. The highest BCUT2D eigenvalue weighted by atomic mass is 32.2. The van der Waals surface area contributed by atoms with Crippen LogP contribution in [0.15, 0.2) is 65.2 Å². The summed E-state index contributed by atoms with van der Waals surface area (Å²) in [5.41, 5.74) is 3.69. The topological polar surface area (TPSA) is 71.0 Å². The lowest BCUT2D eigenvalue weighted by Crippen LogP contribution is -2.42. The highest BCUT2D eigenvalue weighted by Gasteiger charge is 2.39. The molecule has 0 spiro atoms. The van der Waals surface area contributed by atoms with Crippen molar-refractivity contribution in [1.29, 1.82) is 0 Å². The molecule has 172 valence electrons. The number of amidine groups is 1. The second-order valence-corrected chi connectivity index (χ2v) is 9.37. The van der Waals surface area contributed by atoms with E-state index in [0.29, 0.717) is 17.0 Å². The summed E-state index contributed by atoms with van der Waals surface area (Å²) < 4.78 is 5.52. The Hall–Kier alpha value is -3.06. The number of amides is 1. The first-order chi connectivity index (χ1) is 16.0. The minimum atomic E-state index is -0.364. The molecule has 1 saturated heterocycles. The fraction of sp³-hybridized carbons (Fsp3) is 0.346. The van der Waals surface area contributed by atoms with E-state index in [9.17, 15) is 9.59 Å². The van der Waals surface area contributed by atoms with E-state index >= 15 is 0 Å². The molecule has 2 aliphatic heterocycles. The molecule has 2 heterocycles. The number of carbonyl (C=O) groups is 2. The van der Waals surface area contributed by atoms with Crippen molar-refractivity contribution in [3.05, 3.63) is 71.3 Å². The zero-order chi connectivity index (χ0) is 23.4. The van der Waals surface area contributed by atoms with E-state index in [1.165, 1.54) is 0 Å². The molecule has 6 nitrogen and oxygen atoms in total. The zero-order valence-electron chi connectivity index (χ0n) is 19.2. The molecule has 1 amide bonds. The average molecular weight is 464 g/mol. The van der Waals surface area contributed by atoms with Crippen LogP contribution in [0.25, 0.3) is 5.70 Å². The number of nitrogens with one attached hydrogen (secondary N) is 1. The smallest absolute Gasteiger partial charge is 0.338 e. The molecule has 1 atom stereocenters. The van der Waals surface area contributed by atoms with Gasteiger partial charge in [0.1, 0.15) is 0 Å². The number of aliphatic imine (C=N–C) groups is 1. The van der Waals surface area contributed by atoms with E-state index in [2.05, 4.69) is 10.2 Å². The Kier molecular flexibility index (Phi) is 7.18. The number of esters is 1. The number of benzene rings is 2. The molecule has 2 aliphatic rings. The largest absolute Gasteiger partial charge is 0.463 e. The van der Waals surface area contributed by atoms with Crippen LogP contribution in [0.1, 0.15) is 44.4 Å². The Labute approximate surface area is 199 Å². The highest BCUT2D eigenvalue weighted by molar-refractivity contribution is 8.13. The number of ether oxygens (including phenoxy) is 1. The van der Waals surface area contributed by atoms with Gasteiger partial charge >= 0.3 is 5.97 Å². The number of hydrogen-bond donors (Lipinski definition) is 1. The summed E-state index contributed by atoms with van der Waals surface area (Å²) in [5, 5.41) is 3.89. The van der Waals surface area contributed by atoms with Crippen LogP contribution in [0.3, 0.4) is 0 Å². The van der Waals surface area contributed by atoms with Gasteiger partial charge in [-0.15, -0.1) is 0 Å². The van der Waals surface area contributed by atoms with E-state index in [1.54, 1.807) is 11.8 Å². The Morgan fingerprint density at radius 1 is 1.18 bits per heavy atom. The summed E-state index contributed by atoms with van der Waals surface area (Å²) in [6.07, 6.45) is 1.00. The summed E-state index contributed by atoms with van der Waals surface area (Å²) in [5.74, 6) is 0.456. The van der Waals surface area contributed by atoms with Crippen molar-refractivity contribution in [2.75, 3.05) is 24.2 Å². The molecule has 0 bridgehead atoms. The zero-order valence-corrected chi connectivity index (χ0v) is 20.0. The number of carbonyl (C=O) groups excluding carboxylic acids is 2. The number of rotatable bonds is 6. The predicted octanol–water partition coefficient (Wildman–Crippen LogP) is 5.11. The first kappa shape index (κ1) is 23.1. The molecule has 2 aromatic carbocycles. The van der Waals surface area contributed by atoms with E-state index in [-0.39, 0.29) is 30.4 Å². The van der Waals surface area contributed by atoms with Crippen LogP contribution in [0.2, 0.25) is 0 Å². The highest BCUT2D eigenvalue weighted by Crippen LogP contribution is 2.43. The molecular formula is C26H29N3O3S. The predicted molar refractivity (Wildman–Crippen MR) is 134 cm³/mol. The van der Waals surface area contributed by atoms with E-state index in [4.69, 9.17) is 9.73 Å². The van der Waals surface area contributed by atoms with Crippen molar-refractivity contribution in [3.63, 3.8) is 0 Å². The summed E-state index contributed by atoms with van der Waals surface area (Å²) in [4.78, 5) is 32.8. The number of anilines is 1. The lowest BCUT2D eigenvalue weighted by Gasteiger charge is -2.41. The molecule has 7 heteroatoms. The van der Waals surface area contributed by atoms with Crippen LogP contribution in [-0.4, -0.2) is 40.8 Å². The van der Waals surface area contributed by atoms with Gasteiger partial charge in [0.2, 0.25) is 5.91 Å². The van der Waals surface area contributed by atoms with E-state index in [0.717, 1.165) is 35.0 Å². The lowest BCUT2D eigenvalue weighted by molar-refractivity contribution is -0.139. The molecule has 2 aromatic rings.